The van der Waals surface area contributed by atoms with Gasteiger partial charge in [-0.15, -0.1) is 0 Å². The molecule has 1 aliphatic heterocycles. The Morgan fingerprint density at radius 1 is 1.11 bits per heavy atom. The summed E-state index contributed by atoms with van der Waals surface area (Å²) in [6.45, 7) is 0.524. The molecule has 3 N–H and O–H groups in total. The number of anilines is 1. The van der Waals surface area contributed by atoms with Crippen molar-refractivity contribution >= 4 is 28.9 Å². The second-order valence-corrected chi connectivity index (χ2v) is 6.59. The molecule has 0 bridgehead atoms. The molecule has 0 aromatic heterocycles. The van der Waals surface area contributed by atoms with Gasteiger partial charge in [-0.2, -0.15) is 13.2 Å². The van der Waals surface area contributed by atoms with E-state index in [4.69, 9.17) is 17.0 Å². The topological polar surface area (TPSA) is 62.4 Å². The van der Waals surface area contributed by atoms with Crippen molar-refractivity contribution < 1.29 is 22.7 Å². The monoisotopic (exact) mass is 409 g/mol. The van der Waals surface area contributed by atoms with Gasteiger partial charge in [-0.05, 0) is 41.9 Å². The molecule has 0 saturated heterocycles. The molecule has 148 valence electrons. The van der Waals surface area contributed by atoms with Gasteiger partial charge in [0.15, 0.2) is 5.11 Å². The first-order chi connectivity index (χ1) is 13.3. The highest BCUT2D eigenvalue weighted by Gasteiger charge is 2.33. The van der Waals surface area contributed by atoms with Crippen LogP contribution in [0.4, 0.5) is 18.9 Å². The average molecular weight is 409 g/mol. The number of rotatable bonds is 3. The van der Waals surface area contributed by atoms with Crippen LogP contribution >= 0.6 is 12.2 Å². The molecule has 2 aromatic rings. The second kappa shape index (κ2) is 8.57. The van der Waals surface area contributed by atoms with E-state index in [1.807, 2.05) is 24.3 Å². The summed E-state index contributed by atoms with van der Waals surface area (Å²) in [5, 5.41) is 2.29. The van der Waals surface area contributed by atoms with Crippen molar-refractivity contribution in [3.05, 3.63) is 65.2 Å². The summed E-state index contributed by atoms with van der Waals surface area (Å²) >= 11 is 4.97. The van der Waals surface area contributed by atoms with Gasteiger partial charge in [-0.25, -0.2) is 0 Å². The quantitative estimate of drug-likeness (QED) is 0.533. The van der Waals surface area contributed by atoms with Crippen LogP contribution in [0.1, 0.15) is 29.2 Å². The number of carbonyl (C=O) groups excluding carboxylic acids is 1. The molecule has 0 spiro atoms. The van der Waals surface area contributed by atoms with E-state index in [9.17, 15) is 18.0 Å². The number of fused-ring (bicyclic) bond motifs is 1. The van der Waals surface area contributed by atoms with Gasteiger partial charge in [0, 0.05) is 0 Å². The first kappa shape index (κ1) is 20.1. The maximum absolute atomic E-state index is 13.0. The van der Waals surface area contributed by atoms with Gasteiger partial charge >= 0.3 is 6.18 Å². The number of amides is 1. The molecule has 28 heavy (non-hydrogen) atoms. The van der Waals surface area contributed by atoms with E-state index in [0.717, 1.165) is 23.6 Å². The Hall–Kier alpha value is -2.65. The Balaban J connectivity index is 1.54. The summed E-state index contributed by atoms with van der Waals surface area (Å²) in [4.78, 5) is 12.2. The molecule has 0 saturated carbocycles. The summed E-state index contributed by atoms with van der Waals surface area (Å²) in [7, 11) is 0. The van der Waals surface area contributed by atoms with E-state index >= 15 is 0 Å². The van der Waals surface area contributed by atoms with Crippen molar-refractivity contribution in [2.45, 2.75) is 25.1 Å². The van der Waals surface area contributed by atoms with Crippen molar-refractivity contribution in [3.63, 3.8) is 0 Å². The normalized spacial score (nSPS) is 16.0. The fourth-order valence-corrected chi connectivity index (χ4v) is 3.15. The maximum Gasteiger partial charge on any atom is 0.418 e. The number of alkyl halides is 3. The molecule has 1 aliphatic rings. The molecule has 0 aliphatic carbocycles. The molecule has 0 fully saturated rings. The first-order valence-electron chi connectivity index (χ1n) is 8.56. The fourth-order valence-electron chi connectivity index (χ4n) is 2.98. The van der Waals surface area contributed by atoms with Gasteiger partial charge in [0.25, 0.3) is 0 Å². The molecular weight excluding hydrogens is 391 g/mol. The predicted molar refractivity (Wildman–Crippen MR) is 102 cm³/mol. The SMILES string of the molecule is O=C(C[C@@H]1OCCc2ccccc21)NNC(=S)Nc1ccccc1C(F)(F)F. The lowest BCUT2D eigenvalue weighted by molar-refractivity contribution is -0.137. The molecular formula is C19H18F3N3O2S. The van der Waals surface area contributed by atoms with Crippen molar-refractivity contribution in [1.29, 1.82) is 0 Å². The van der Waals surface area contributed by atoms with Crippen LogP contribution in [0.15, 0.2) is 48.5 Å². The maximum atomic E-state index is 13.0. The van der Waals surface area contributed by atoms with Crippen molar-refractivity contribution in [1.82, 2.24) is 10.9 Å². The summed E-state index contributed by atoms with van der Waals surface area (Å²) in [6, 6.07) is 12.7. The molecule has 1 atom stereocenters. The van der Waals surface area contributed by atoms with Crippen LogP contribution in [0.5, 0.6) is 0 Å². The summed E-state index contributed by atoms with van der Waals surface area (Å²) < 4.78 is 44.7. The minimum absolute atomic E-state index is 0.0613. The summed E-state index contributed by atoms with van der Waals surface area (Å²) in [5.74, 6) is -0.394. The third kappa shape index (κ3) is 4.99. The van der Waals surface area contributed by atoms with E-state index in [1.165, 1.54) is 18.2 Å². The molecule has 0 radical (unpaired) electrons. The Morgan fingerprint density at radius 3 is 2.61 bits per heavy atom. The Bertz CT molecular complexity index is 873. The molecule has 9 heteroatoms. The van der Waals surface area contributed by atoms with Gasteiger partial charge < -0.3 is 10.1 Å². The number of nitrogens with one attached hydrogen (secondary N) is 3. The highest BCUT2D eigenvalue weighted by molar-refractivity contribution is 7.80. The van der Waals surface area contributed by atoms with Gasteiger partial charge in [-0.1, -0.05) is 36.4 Å². The Kier molecular flexibility index (Phi) is 6.15. The highest BCUT2D eigenvalue weighted by Crippen LogP contribution is 2.34. The number of hydrogen-bond donors (Lipinski definition) is 3. The van der Waals surface area contributed by atoms with Crippen LogP contribution in [0.25, 0.3) is 0 Å². The minimum atomic E-state index is -4.52. The van der Waals surface area contributed by atoms with Crippen molar-refractivity contribution in [2.24, 2.45) is 0 Å². The molecule has 2 aromatic carbocycles. The van der Waals surface area contributed by atoms with Gasteiger partial charge in [0.1, 0.15) is 0 Å². The fraction of sp³-hybridized carbons (Fsp3) is 0.263. The van der Waals surface area contributed by atoms with Crippen molar-refractivity contribution in [2.75, 3.05) is 11.9 Å². The number of hydrazine groups is 1. The van der Waals surface area contributed by atoms with Gasteiger partial charge in [0.2, 0.25) is 5.91 Å². The zero-order chi connectivity index (χ0) is 20.1. The minimum Gasteiger partial charge on any atom is -0.373 e. The molecule has 5 nitrogen and oxygen atoms in total. The number of para-hydroxylation sites is 1. The van der Waals surface area contributed by atoms with Gasteiger partial charge in [-0.3, -0.25) is 15.6 Å². The number of benzene rings is 2. The Labute approximate surface area is 165 Å². The van der Waals surface area contributed by atoms with Crippen LogP contribution in [0.2, 0.25) is 0 Å². The standard InChI is InChI=1S/C19H18F3N3O2S/c20-19(21,22)14-7-3-4-8-15(14)23-18(28)25-24-17(26)11-16-13-6-2-1-5-12(13)9-10-27-16/h1-8,16H,9-11H2,(H,24,26)(H2,23,25,28)/t16-/m0/s1. The number of thiocarbonyl (C=S) groups is 1. The molecule has 0 unspecified atom stereocenters. The Morgan fingerprint density at radius 2 is 1.82 bits per heavy atom. The van der Waals surface area contributed by atoms with Gasteiger partial charge in [0.05, 0.1) is 30.4 Å². The van der Waals surface area contributed by atoms with E-state index in [2.05, 4.69) is 16.2 Å². The number of halogens is 3. The number of ether oxygens (including phenoxy) is 1. The third-order valence-corrected chi connectivity index (χ3v) is 4.46. The molecule has 1 amide bonds. The number of hydrogen-bond acceptors (Lipinski definition) is 3. The average Bonchev–Trinajstić information content (AvgIpc) is 2.66. The zero-order valence-corrected chi connectivity index (χ0v) is 15.5. The lowest BCUT2D eigenvalue weighted by atomic mass is 9.96. The predicted octanol–water partition coefficient (Wildman–Crippen LogP) is 3.73. The van der Waals surface area contributed by atoms with E-state index in [0.29, 0.717) is 6.61 Å². The summed E-state index contributed by atoms with van der Waals surface area (Å²) in [5.41, 5.74) is 5.86. The van der Waals surface area contributed by atoms with E-state index in [1.54, 1.807) is 0 Å². The smallest absolute Gasteiger partial charge is 0.373 e. The summed E-state index contributed by atoms with van der Waals surface area (Å²) in [6.07, 6.45) is -4.04. The number of carbonyl (C=O) groups is 1. The van der Waals surface area contributed by atoms with Crippen LogP contribution in [0.3, 0.4) is 0 Å². The van der Waals surface area contributed by atoms with Crippen LogP contribution in [-0.4, -0.2) is 17.6 Å². The lowest BCUT2D eigenvalue weighted by Gasteiger charge is -2.25. The largest absolute Gasteiger partial charge is 0.418 e. The van der Waals surface area contributed by atoms with E-state index in [-0.39, 0.29) is 23.3 Å². The zero-order valence-electron chi connectivity index (χ0n) is 14.7. The van der Waals surface area contributed by atoms with Crippen LogP contribution in [-0.2, 0) is 22.1 Å². The highest BCUT2D eigenvalue weighted by atomic mass is 32.1. The van der Waals surface area contributed by atoms with Crippen LogP contribution < -0.4 is 16.2 Å². The third-order valence-electron chi connectivity index (χ3n) is 4.26. The lowest BCUT2D eigenvalue weighted by Crippen LogP contribution is -2.44. The molecule has 3 rings (SSSR count). The second-order valence-electron chi connectivity index (χ2n) is 6.18. The molecule has 1 heterocycles. The van der Waals surface area contributed by atoms with Crippen molar-refractivity contribution in [3.8, 4) is 0 Å². The van der Waals surface area contributed by atoms with E-state index < -0.39 is 17.6 Å². The first-order valence-corrected chi connectivity index (χ1v) is 8.97. The van der Waals surface area contributed by atoms with Crippen LogP contribution in [0, 0.1) is 0 Å².